The average molecular weight is 689 g/mol. The largest absolute Gasteiger partial charge is 0.309 e. The van der Waals surface area contributed by atoms with Gasteiger partial charge in [0.1, 0.15) is 5.69 Å². The number of benzene rings is 8. The molecule has 0 bridgehead atoms. The normalized spacial score (nSPS) is 11.7. The fourth-order valence-corrected chi connectivity index (χ4v) is 8.19. The van der Waals surface area contributed by atoms with Gasteiger partial charge in [-0.2, -0.15) is 0 Å². The molecule has 0 N–H and O–H groups in total. The van der Waals surface area contributed by atoms with Crippen LogP contribution in [0, 0.1) is 0 Å². The van der Waals surface area contributed by atoms with E-state index in [1.165, 1.54) is 43.7 Å². The number of fused-ring (bicyclic) bond motifs is 7. The van der Waals surface area contributed by atoms with Gasteiger partial charge in [0.15, 0.2) is 5.82 Å². The Morgan fingerprint density at radius 2 is 0.778 bits per heavy atom. The van der Waals surface area contributed by atoms with Crippen LogP contribution >= 0.6 is 0 Å². The molecule has 0 spiro atoms. The van der Waals surface area contributed by atoms with Crippen LogP contribution in [0.25, 0.3) is 99.7 Å². The third kappa shape index (κ3) is 4.78. The topological polar surface area (TPSA) is 35.6 Å². The molecule has 3 aromatic heterocycles. The second-order valence-corrected chi connectivity index (χ2v) is 13.8. The molecule has 0 radical (unpaired) electrons. The van der Waals surface area contributed by atoms with Crippen LogP contribution in [0.4, 0.5) is 0 Å². The Kier molecular flexibility index (Phi) is 6.82. The molecule has 0 saturated carbocycles. The first kappa shape index (κ1) is 30.3. The zero-order valence-electron chi connectivity index (χ0n) is 29.3. The van der Waals surface area contributed by atoms with Gasteiger partial charge >= 0.3 is 0 Å². The van der Waals surface area contributed by atoms with E-state index in [4.69, 9.17) is 9.97 Å². The summed E-state index contributed by atoms with van der Waals surface area (Å²) in [5.41, 5.74) is 14.0. The van der Waals surface area contributed by atoms with Crippen LogP contribution in [0.15, 0.2) is 194 Å². The van der Waals surface area contributed by atoms with Gasteiger partial charge in [0.05, 0.1) is 33.1 Å². The molecule has 0 aliphatic carbocycles. The van der Waals surface area contributed by atoms with Crippen molar-refractivity contribution in [2.75, 3.05) is 0 Å². The van der Waals surface area contributed by atoms with E-state index in [0.717, 1.165) is 56.0 Å². The quantitative estimate of drug-likeness (QED) is 0.180. The fraction of sp³-hybridized carbons (Fsp3) is 0. The van der Waals surface area contributed by atoms with Crippen molar-refractivity contribution in [3.63, 3.8) is 0 Å². The lowest BCUT2D eigenvalue weighted by Gasteiger charge is -2.15. The highest BCUT2D eigenvalue weighted by Crippen LogP contribution is 2.41. The molecular formula is C50H32N4. The van der Waals surface area contributed by atoms with Gasteiger partial charge in [-0.3, -0.25) is 4.57 Å². The monoisotopic (exact) mass is 688 g/mol. The summed E-state index contributed by atoms with van der Waals surface area (Å²) in [7, 11) is 0. The van der Waals surface area contributed by atoms with Crippen molar-refractivity contribution >= 4 is 54.6 Å². The number of para-hydroxylation sites is 5. The van der Waals surface area contributed by atoms with Crippen LogP contribution in [0.1, 0.15) is 0 Å². The van der Waals surface area contributed by atoms with E-state index in [0.29, 0.717) is 0 Å². The van der Waals surface area contributed by atoms with Gasteiger partial charge in [0.25, 0.3) is 0 Å². The summed E-state index contributed by atoms with van der Waals surface area (Å²) in [4.78, 5) is 10.8. The Labute approximate surface area is 311 Å². The zero-order valence-corrected chi connectivity index (χ0v) is 29.3. The minimum atomic E-state index is 0.808. The lowest BCUT2D eigenvalue weighted by molar-refractivity contribution is 1.08. The maximum atomic E-state index is 5.43. The molecule has 11 aromatic rings. The van der Waals surface area contributed by atoms with Crippen molar-refractivity contribution in [2.45, 2.75) is 0 Å². The fourth-order valence-electron chi connectivity index (χ4n) is 8.19. The van der Waals surface area contributed by atoms with Crippen molar-refractivity contribution in [1.82, 2.24) is 19.1 Å². The Balaban J connectivity index is 1.16. The van der Waals surface area contributed by atoms with E-state index in [2.05, 4.69) is 191 Å². The molecule has 0 saturated heterocycles. The molecule has 3 heterocycles. The van der Waals surface area contributed by atoms with Crippen molar-refractivity contribution in [3.8, 4) is 45.0 Å². The number of hydrogen-bond acceptors (Lipinski definition) is 2. The molecule has 0 aliphatic heterocycles. The minimum absolute atomic E-state index is 0.808. The van der Waals surface area contributed by atoms with E-state index in [9.17, 15) is 0 Å². The van der Waals surface area contributed by atoms with E-state index in [1.807, 2.05) is 12.1 Å². The van der Waals surface area contributed by atoms with Crippen LogP contribution in [-0.4, -0.2) is 19.1 Å². The van der Waals surface area contributed by atoms with E-state index in [-0.39, 0.29) is 0 Å². The van der Waals surface area contributed by atoms with Crippen molar-refractivity contribution < 1.29 is 0 Å². The molecule has 8 aromatic carbocycles. The molecule has 11 rings (SSSR count). The molecule has 0 fully saturated rings. The van der Waals surface area contributed by atoms with Gasteiger partial charge in [-0.05, 0) is 76.9 Å². The Morgan fingerprint density at radius 3 is 1.46 bits per heavy atom. The Hall–Kier alpha value is -7.30. The van der Waals surface area contributed by atoms with E-state index in [1.54, 1.807) is 0 Å². The van der Waals surface area contributed by atoms with Gasteiger partial charge in [-0.1, -0.05) is 140 Å². The second kappa shape index (κ2) is 12.1. The number of aromatic nitrogens is 4. The molecule has 0 atom stereocenters. The summed E-state index contributed by atoms with van der Waals surface area (Å²) in [5.74, 6) is 0.808. The first-order valence-electron chi connectivity index (χ1n) is 18.3. The molecule has 252 valence electrons. The Bertz CT molecular complexity index is 3190. The second-order valence-electron chi connectivity index (χ2n) is 13.8. The third-order valence-electron chi connectivity index (χ3n) is 10.7. The molecule has 0 amide bonds. The molecule has 4 nitrogen and oxygen atoms in total. The van der Waals surface area contributed by atoms with Gasteiger partial charge in [-0.15, -0.1) is 0 Å². The van der Waals surface area contributed by atoms with Gasteiger partial charge in [0.2, 0.25) is 0 Å². The number of nitrogens with zero attached hydrogens (tertiary/aromatic N) is 4. The lowest BCUT2D eigenvalue weighted by atomic mass is 9.98. The molecular weight excluding hydrogens is 657 g/mol. The van der Waals surface area contributed by atoms with Crippen molar-refractivity contribution in [1.29, 1.82) is 0 Å². The predicted octanol–water partition coefficient (Wildman–Crippen LogP) is 12.8. The summed E-state index contributed by atoms with van der Waals surface area (Å²) in [6.07, 6.45) is 0. The smallest absolute Gasteiger partial charge is 0.165 e. The van der Waals surface area contributed by atoms with Crippen LogP contribution in [0.5, 0.6) is 0 Å². The van der Waals surface area contributed by atoms with Gasteiger partial charge in [0, 0.05) is 32.8 Å². The molecule has 0 unspecified atom stereocenters. The number of hydrogen-bond donors (Lipinski definition) is 0. The summed E-state index contributed by atoms with van der Waals surface area (Å²) in [6.45, 7) is 0. The number of rotatable bonds is 5. The van der Waals surface area contributed by atoms with Crippen LogP contribution in [0.3, 0.4) is 0 Å². The minimum Gasteiger partial charge on any atom is -0.309 e. The van der Waals surface area contributed by atoms with Crippen LogP contribution in [-0.2, 0) is 0 Å². The third-order valence-corrected chi connectivity index (χ3v) is 10.7. The van der Waals surface area contributed by atoms with E-state index < -0.39 is 0 Å². The van der Waals surface area contributed by atoms with Gasteiger partial charge in [-0.25, -0.2) is 9.97 Å². The summed E-state index contributed by atoms with van der Waals surface area (Å²) >= 11 is 0. The Morgan fingerprint density at radius 1 is 0.296 bits per heavy atom. The predicted molar refractivity (Wildman–Crippen MR) is 225 cm³/mol. The average Bonchev–Trinajstić information content (AvgIpc) is 3.75. The lowest BCUT2D eigenvalue weighted by Crippen LogP contribution is -2.03. The zero-order chi connectivity index (χ0) is 35.6. The van der Waals surface area contributed by atoms with Gasteiger partial charge < -0.3 is 4.57 Å². The summed E-state index contributed by atoms with van der Waals surface area (Å²) < 4.78 is 4.71. The SMILES string of the molecule is c1ccc(-c2ccc(-c3cccc(-c4nc5ccccc5nc4-n4c5ccccc5c5cc6c(cc54)c4ccccc4n6-c4ccccc4)c3)cc2)cc1. The maximum Gasteiger partial charge on any atom is 0.165 e. The standard InChI is InChI=1S/C50H32N4/c1-3-14-33(15-4-1)34-26-28-35(29-27-34)36-16-13-17-37(30-36)49-50(52-44-23-10-9-22-43(44)51-49)54-46-25-12-8-21-40(46)42-31-47-41(32-48(42)54)39-20-7-11-24-45(39)53(47)38-18-5-2-6-19-38/h1-32H. The first-order chi connectivity index (χ1) is 26.8. The van der Waals surface area contributed by atoms with Crippen LogP contribution in [0.2, 0.25) is 0 Å². The van der Waals surface area contributed by atoms with E-state index >= 15 is 0 Å². The molecule has 4 heteroatoms. The highest BCUT2D eigenvalue weighted by molar-refractivity contribution is 6.19. The summed E-state index contributed by atoms with van der Waals surface area (Å²) in [6, 6.07) is 69.0. The van der Waals surface area contributed by atoms with Crippen LogP contribution < -0.4 is 0 Å². The maximum absolute atomic E-state index is 5.43. The first-order valence-corrected chi connectivity index (χ1v) is 18.3. The highest BCUT2D eigenvalue weighted by Gasteiger charge is 2.22. The highest BCUT2D eigenvalue weighted by atomic mass is 15.1. The molecule has 0 aliphatic rings. The summed E-state index contributed by atoms with van der Waals surface area (Å²) in [5, 5.41) is 4.76. The van der Waals surface area contributed by atoms with Crippen molar-refractivity contribution in [2.24, 2.45) is 0 Å². The van der Waals surface area contributed by atoms with Crippen molar-refractivity contribution in [3.05, 3.63) is 194 Å². The molecule has 54 heavy (non-hydrogen) atoms.